The number of ether oxygens (including phenoxy) is 1. The Balaban J connectivity index is 1.65. The third-order valence-corrected chi connectivity index (χ3v) is 5.08. The second kappa shape index (κ2) is 10.0. The summed E-state index contributed by atoms with van der Waals surface area (Å²) in [6, 6.07) is 23.2. The fraction of sp³-hybridized carbons (Fsp3) is 0.185. The molecule has 6 nitrogen and oxygen atoms in total. The lowest BCUT2D eigenvalue weighted by Gasteiger charge is -2.24. The molecule has 3 aromatic carbocycles. The molecule has 0 saturated carbocycles. The van der Waals surface area contributed by atoms with Crippen molar-refractivity contribution in [3.8, 4) is 5.75 Å². The van der Waals surface area contributed by atoms with E-state index in [-0.39, 0.29) is 24.3 Å². The summed E-state index contributed by atoms with van der Waals surface area (Å²) in [5.41, 5.74) is 1.62. The molecule has 166 valence electrons. The van der Waals surface area contributed by atoms with E-state index >= 15 is 0 Å². The number of nitrogens with zero attached hydrogens (tertiary/aromatic N) is 3. The number of fused-ring (bicyclic) bond motifs is 1. The Labute approximate surface area is 192 Å². The number of benzene rings is 3. The van der Waals surface area contributed by atoms with Crippen molar-refractivity contribution < 1.29 is 14.3 Å². The van der Waals surface area contributed by atoms with Gasteiger partial charge in [-0.1, -0.05) is 42.5 Å². The van der Waals surface area contributed by atoms with Gasteiger partial charge in [-0.15, -0.1) is 0 Å². The fourth-order valence-electron chi connectivity index (χ4n) is 3.59. The quantitative estimate of drug-likeness (QED) is 0.278. The maximum absolute atomic E-state index is 13.3. The summed E-state index contributed by atoms with van der Waals surface area (Å²) < 4.78 is 5.82. The highest BCUT2D eigenvalue weighted by Gasteiger charge is 2.22. The number of aromatic nitrogens is 2. The summed E-state index contributed by atoms with van der Waals surface area (Å²) in [7, 11) is 0. The molecule has 0 unspecified atom stereocenters. The average molecular weight is 440 g/mol. The van der Waals surface area contributed by atoms with Crippen molar-refractivity contribution in [2.24, 2.45) is 0 Å². The van der Waals surface area contributed by atoms with Crippen LogP contribution >= 0.6 is 0 Å². The van der Waals surface area contributed by atoms with Crippen LogP contribution in [0.15, 0.2) is 85.2 Å². The predicted molar refractivity (Wildman–Crippen MR) is 128 cm³/mol. The molecule has 0 aliphatic carbocycles. The fourth-order valence-corrected chi connectivity index (χ4v) is 3.59. The van der Waals surface area contributed by atoms with Gasteiger partial charge in [0.1, 0.15) is 5.75 Å². The first kappa shape index (κ1) is 22.1. The van der Waals surface area contributed by atoms with Crippen LogP contribution in [-0.2, 0) is 11.3 Å². The molecule has 0 saturated heterocycles. The van der Waals surface area contributed by atoms with E-state index in [1.165, 1.54) is 12.4 Å². The van der Waals surface area contributed by atoms with Gasteiger partial charge in [-0.25, -0.2) is 9.97 Å². The van der Waals surface area contributed by atoms with Gasteiger partial charge >= 0.3 is 0 Å². The van der Waals surface area contributed by atoms with Crippen molar-refractivity contribution in [2.75, 3.05) is 4.90 Å². The molecule has 0 aliphatic rings. The highest BCUT2D eigenvalue weighted by molar-refractivity contribution is 6.10. The normalized spacial score (nSPS) is 10.9. The minimum Gasteiger partial charge on any atom is -0.491 e. The Kier molecular flexibility index (Phi) is 6.74. The molecule has 33 heavy (non-hydrogen) atoms. The number of carbonyl (C=O) groups is 2. The number of anilines is 1. The molecule has 0 N–H and O–H groups in total. The zero-order chi connectivity index (χ0) is 23.2. The summed E-state index contributed by atoms with van der Waals surface area (Å²) in [5.74, 6) is -0.0501. The van der Waals surface area contributed by atoms with Crippen LogP contribution in [0.1, 0.15) is 36.5 Å². The largest absolute Gasteiger partial charge is 0.491 e. The van der Waals surface area contributed by atoms with Gasteiger partial charge in [0, 0.05) is 24.1 Å². The van der Waals surface area contributed by atoms with E-state index in [1.54, 1.807) is 11.0 Å². The highest BCUT2D eigenvalue weighted by Crippen LogP contribution is 2.26. The maximum Gasteiger partial charge on any atom is 0.235 e. The van der Waals surface area contributed by atoms with Crippen LogP contribution < -0.4 is 9.64 Å². The van der Waals surface area contributed by atoms with Crippen molar-refractivity contribution in [2.45, 2.75) is 32.9 Å². The van der Waals surface area contributed by atoms with E-state index in [1.807, 2.05) is 74.5 Å². The minimum absolute atomic E-state index is 0.00157. The molecular weight excluding hydrogens is 414 g/mol. The van der Waals surface area contributed by atoms with Crippen molar-refractivity contribution in [1.82, 2.24) is 9.97 Å². The predicted octanol–water partition coefficient (Wildman–Crippen LogP) is 5.22. The molecule has 0 fully saturated rings. The second-order valence-electron chi connectivity index (χ2n) is 8.00. The summed E-state index contributed by atoms with van der Waals surface area (Å²) >= 11 is 0. The lowest BCUT2D eigenvalue weighted by molar-refractivity contribution is -0.117. The first-order valence-electron chi connectivity index (χ1n) is 10.8. The van der Waals surface area contributed by atoms with Gasteiger partial charge in [0.15, 0.2) is 5.82 Å². The topological polar surface area (TPSA) is 72.4 Å². The molecule has 0 spiro atoms. The molecule has 0 aliphatic heterocycles. The van der Waals surface area contributed by atoms with Crippen molar-refractivity contribution in [1.29, 1.82) is 0 Å². The zero-order valence-electron chi connectivity index (χ0n) is 18.6. The number of amides is 1. The van der Waals surface area contributed by atoms with E-state index in [2.05, 4.69) is 16.0 Å². The summed E-state index contributed by atoms with van der Waals surface area (Å²) in [6.07, 6.45) is 2.66. The number of carbonyl (C=O) groups excluding carboxylic acids is 2. The highest BCUT2D eigenvalue weighted by atomic mass is 16.5. The molecule has 1 heterocycles. The van der Waals surface area contributed by atoms with E-state index in [9.17, 15) is 9.59 Å². The molecule has 1 aromatic heterocycles. The van der Waals surface area contributed by atoms with Gasteiger partial charge < -0.3 is 9.64 Å². The van der Waals surface area contributed by atoms with Crippen LogP contribution in [0.4, 0.5) is 5.69 Å². The number of ketones is 1. The van der Waals surface area contributed by atoms with Gasteiger partial charge in [-0.05, 0) is 54.4 Å². The first-order chi connectivity index (χ1) is 16.0. The Hall–Kier alpha value is -4.06. The second-order valence-corrected chi connectivity index (χ2v) is 8.00. The lowest BCUT2D eigenvalue weighted by atomic mass is 10.1. The van der Waals surface area contributed by atoms with Gasteiger partial charge in [0.05, 0.1) is 19.1 Å². The summed E-state index contributed by atoms with van der Waals surface area (Å²) in [5, 5.41) is 2.22. The van der Waals surface area contributed by atoms with E-state index in [0.717, 1.165) is 16.3 Å². The Bertz CT molecular complexity index is 1270. The lowest BCUT2D eigenvalue weighted by Crippen LogP contribution is -2.32. The van der Waals surface area contributed by atoms with E-state index in [0.29, 0.717) is 18.0 Å². The zero-order valence-corrected chi connectivity index (χ0v) is 18.6. The molecule has 0 bridgehead atoms. The molecule has 1 amide bonds. The van der Waals surface area contributed by atoms with Gasteiger partial charge in [-0.2, -0.15) is 0 Å². The number of Topliss-reactive ketones (excluding diaryl/α,β-unsaturated/α-hetero) is 1. The van der Waals surface area contributed by atoms with Crippen molar-refractivity contribution >= 4 is 28.2 Å². The van der Waals surface area contributed by atoms with Crippen molar-refractivity contribution in [3.05, 3.63) is 96.6 Å². The maximum atomic E-state index is 13.3. The van der Waals surface area contributed by atoms with Gasteiger partial charge in [-0.3, -0.25) is 9.59 Å². The van der Waals surface area contributed by atoms with E-state index < -0.39 is 5.78 Å². The number of rotatable bonds is 8. The van der Waals surface area contributed by atoms with Crippen LogP contribution in [0, 0.1) is 0 Å². The SMILES string of the molecule is CC(C)Oc1cccc(N(Cc2ccc3ccccc3c2)C(=O)CC(=O)c2ncccn2)c1. The molecule has 6 heteroatoms. The van der Waals surface area contributed by atoms with Gasteiger partial charge in [0.25, 0.3) is 0 Å². The monoisotopic (exact) mass is 439 g/mol. The van der Waals surface area contributed by atoms with Crippen LogP contribution in [0.2, 0.25) is 0 Å². The Morgan fingerprint density at radius 1 is 0.879 bits per heavy atom. The molecular formula is C27H25N3O3. The number of hydrogen-bond acceptors (Lipinski definition) is 5. The molecule has 4 rings (SSSR count). The van der Waals surface area contributed by atoms with E-state index in [4.69, 9.17) is 4.74 Å². The average Bonchev–Trinajstić information content (AvgIpc) is 2.82. The first-order valence-corrected chi connectivity index (χ1v) is 10.8. The van der Waals surface area contributed by atoms with Crippen LogP contribution in [0.25, 0.3) is 10.8 Å². The Morgan fingerprint density at radius 3 is 2.39 bits per heavy atom. The molecule has 4 aromatic rings. The van der Waals surface area contributed by atoms with Gasteiger partial charge in [0.2, 0.25) is 11.7 Å². The smallest absolute Gasteiger partial charge is 0.235 e. The summed E-state index contributed by atoms with van der Waals surface area (Å²) in [6.45, 7) is 4.21. The van der Waals surface area contributed by atoms with Crippen LogP contribution in [-0.4, -0.2) is 27.8 Å². The molecule has 0 atom stereocenters. The Morgan fingerprint density at radius 2 is 1.64 bits per heavy atom. The standard InChI is InChI=1S/C27H25N3O3/c1-19(2)33-24-10-5-9-23(16-24)30(26(32)17-25(31)27-28-13-6-14-29-27)18-20-11-12-21-7-3-4-8-22(21)15-20/h3-16,19H,17-18H2,1-2H3. The third-order valence-electron chi connectivity index (χ3n) is 5.08. The van der Waals surface area contributed by atoms with Crippen molar-refractivity contribution in [3.63, 3.8) is 0 Å². The number of hydrogen-bond donors (Lipinski definition) is 0. The minimum atomic E-state index is -0.418. The van der Waals surface area contributed by atoms with Crippen LogP contribution in [0.5, 0.6) is 5.75 Å². The van der Waals surface area contributed by atoms with Crippen LogP contribution in [0.3, 0.4) is 0 Å². The molecule has 0 radical (unpaired) electrons. The summed E-state index contributed by atoms with van der Waals surface area (Å²) in [4.78, 5) is 35.5. The third kappa shape index (κ3) is 5.60.